The second-order valence-electron chi connectivity index (χ2n) is 7.01. The zero-order valence-corrected chi connectivity index (χ0v) is 12.9. The monoisotopic (exact) mass is 238 g/mol. The molecule has 1 aliphatic carbocycles. The second-order valence-corrected chi connectivity index (χ2v) is 7.01. The van der Waals surface area contributed by atoms with Gasteiger partial charge in [-0.05, 0) is 36.0 Å². The number of hydrogen-bond acceptors (Lipinski definition) is 0. The third kappa shape index (κ3) is 4.00. The average molecular weight is 238 g/mol. The van der Waals surface area contributed by atoms with E-state index in [9.17, 15) is 0 Å². The van der Waals surface area contributed by atoms with Gasteiger partial charge in [-0.1, -0.05) is 73.1 Å². The van der Waals surface area contributed by atoms with E-state index in [1.807, 2.05) is 0 Å². The first-order valence-electron chi connectivity index (χ1n) is 8.03. The highest BCUT2D eigenvalue weighted by Crippen LogP contribution is 2.52. The van der Waals surface area contributed by atoms with Crippen LogP contribution in [0, 0.1) is 23.2 Å². The van der Waals surface area contributed by atoms with Crippen molar-refractivity contribution in [2.24, 2.45) is 23.2 Å². The molecule has 1 rings (SSSR count). The molecular weight excluding hydrogens is 204 g/mol. The molecular formula is C17H34. The Kier molecular flexibility index (Phi) is 6.03. The summed E-state index contributed by atoms with van der Waals surface area (Å²) in [6, 6.07) is 0. The van der Waals surface area contributed by atoms with Gasteiger partial charge in [0.2, 0.25) is 0 Å². The van der Waals surface area contributed by atoms with E-state index in [1.165, 1.54) is 51.4 Å². The predicted molar refractivity (Wildman–Crippen MR) is 78.2 cm³/mol. The molecule has 0 amide bonds. The van der Waals surface area contributed by atoms with Crippen LogP contribution in [0.2, 0.25) is 0 Å². The lowest BCUT2D eigenvalue weighted by atomic mass is 9.55. The van der Waals surface area contributed by atoms with Crippen LogP contribution in [0.15, 0.2) is 0 Å². The lowest BCUT2D eigenvalue weighted by molar-refractivity contribution is 0.0000450. The molecule has 0 saturated heterocycles. The molecule has 0 spiro atoms. The Morgan fingerprint density at radius 1 is 1.12 bits per heavy atom. The Balaban J connectivity index is 2.33. The Hall–Kier alpha value is 0. The molecule has 1 aliphatic rings. The van der Waals surface area contributed by atoms with Crippen molar-refractivity contribution in [1.82, 2.24) is 0 Å². The van der Waals surface area contributed by atoms with Gasteiger partial charge in [-0.25, -0.2) is 0 Å². The topological polar surface area (TPSA) is 0 Å². The Morgan fingerprint density at radius 2 is 1.82 bits per heavy atom. The average Bonchev–Trinajstić information content (AvgIpc) is 2.28. The Bertz CT molecular complexity index is 204. The summed E-state index contributed by atoms with van der Waals surface area (Å²) in [5, 5.41) is 0. The standard InChI is InChI=1S/C17H34/c1-6-8-9-10-11-15(7-2)14(3)16-12-13-17(16,4)5/h14-16H,6-13H2,1-5H3. The van der Waals surface area contributed by atoms with Crippen LogP contribution in [0.25, 0.3) is 0 Å². The molecule has 17 heavy (non-hydrogen) atoms. The quantitative estimate of drug-likeness (QED) is 0.451. The summed E-state index contributed by atoms with van der Waals surface area (Å²) in [5.74, 6) is 2.93. The van der Waals surface area contributed by atoms with E-state index in [0.29, 0.717) is 5.41 Å². The van der Waals surface area contributed by atoms with Crippen LogP contribution in [0.5, 0.6) is 0 Å². The Labute approximate surface area is 110 Å². The maximum absolute atomic E-state index is 2.53. The smallest absolute Gasteiger partial charge is 0.0323 e. The second kappa shape index (κ2) is 6.81. The lowest BCUT2D eigenvalue weighted by Crippen LogP contribution is -2.41. The minimum absolute atomic E-state index is 0.635. The van der Waals surface area contributed by atoms with Crippen molar-refractivity contribution in [2.45, 2.75) is 86.0 Å². The summed E-state index contributed by atoms with van der Waals surface area (Å²) in [7, 11) is 0. The summed E-state index contributed by atoms with van der Waals surface area (Å²) in [6.07, 6.45) is 11.5. The van der Waals surface area contributed by atoms with Gasteiger partial charge in [-0.2, -0.15) is 0 Å². The molecule has 0 N–H and O–H groups in total. The van der Waals surface area contributed by atoms with Gasteiger partial charge in [-0.15, -0.1) is 0 Å². The predicted octanol–water partition coefficient (Wildman–Crippen LogP) is 6.06. The third-order valence-electron chi connectivity index (χ3n) is 5.43. The van der Waals surface area contributed by atoms with E-state index in [2.05, 4.69) is 34.6 Å². The lowest BCUT2D eigenvalue weighted by Gasteiger charge is -2.50. The molecule has 0 heterocycles. The van der Waals surface area contributed by atoms with Gasteiger partial charge in [0, 0.05) is 0 Å². The largest absolute Gasteiger partial charge is 0.0654 e. The highest BCUT2D eigenvalue weighted by Gasteiger charge is 2.42. The molecule has 0 heteroatoms. The van der Waals surface area contributed by atoms with Gasteiger partial charge < -0.3 is 0 Å². The fourth-order valence-electron chi connectivity index (χ4n) is 3.86. The first-order valence-corrected chi connectivity index (χ1v) is 8.03. The van der Waals surface area contributed by atoms with E-state index >= 15 is 0 Å². The molecule has 3 atom stereocenters. The van der Waals surface area contributed by atoms with Crippen LogP contribution in [0.1, 0.15) is 86.0 Å². The maximum Gasteiger partial charge on any atom is -0.0323 e. The van der Waals surface area contributed by atoms with E-state index < -0.39 is 0 Å². The molecule has 0 aromatic rings. The van der Waals surface area contributed by atoms with Gasteiger partial charge in [0.1, 0.15) is 0 Å². The number of unbranched alkanes of at least 4 members (excludes halogenated alkanes) is 3. The van der Waals surface area contributed by atoms with E-state index in [0.717, 1.165) is 17.8 Å². The third-order valence-corrected chi connectivity index (χ3v) is 5.43. The molecule has 1 saturated carbocycles. The van der Waals surface area contributed by atoms with Crippen molar-refractivity contribution in [3.05, 3.63) is 0 Å². The van der Waals surface area contributed by atoms with E-state index in [4.69, 9.17) is 0 Å². The first kappa shape index (κ1) is 15.1. The van der Waals surface area contributed by atoms with Crippen molar-refractivity contribution in [3.63, 3.8) is 0 Å². The van der Waals surface area contributed by atoms with Crippen LogP contribution >= 0.6 is 0 Å². The maximum atomic E-state index is 2.53. The van der Waals surface area contributed by atoms with Crippen molar-refractivity contribution in [2.75, 3.05) is 0 Å². The fourth-order valence-corrected chi connectivity index (χ4v) is 3.86. The van der Waals surface area contributed by atoms with E-state index in [-0.39, 0.29) is 0 Å². The zero-order valence-electron chi connectivity index (χ0n) is 12.9. The first-order chi connectivity index (χ1) is 8.03. The molecule has 0 nitrogen and oxygen atoms in total. The normalized spacial score (nSPS) is 26.3. The summed E-state index contributed by atoms with van der Waals surface area (Å²) < 4.78 is 0. The minimum Gasteiger partial charge on any atom is -0.0654 e. The van der Waals surface area contributed by atoms with E-state index in [1.54, 1.807) is 0 Å². The molecule has 0 radical (unpaired) electrons. The van der Waals surface area contributed by atoms with Gasteiger partial charge in [0.25, 0.3) is 0 Å². The van der Waals surface area contributed by atoms with Gasteiger partial charge in [0.05, 0.1) is 0 Å². The summed E-state index contributed by atoms with van der Waals surface area (Å²) >= 11 is 0. The van der Waals surface area contributed by atoms with Gasteiger partial charge >= 0.3 is 0 Å². The molecule has 0 bridgehead atoms. The fraction of sp³-hybridized carbons (Fsp3) is 1.00. The summed E-state index contributed by atoms with van der Waals surface area (Å²) in [6.45, 7) is 12.2. The molecule has 0 aliphatic heterocycles. The minimum atomic E-state index is 0.635. The molecule has 3 unspecified atom stereocenters. The van der Waals surface area contributed by atoms with Crippen LogP contribution in [-0.2, 0) is 0 Å². The van der Waals surface area contributed by atoms with Crippen LogP contribution in [0.3, 0.4) is 0 Å². The van der Waals surface area contributed by atoms with Crippen LogP contribution in [-0.4, -0.2) is 0 Å². The van der Waals surface area contributed by atoms with Gasteiger partial charge in [0.15, 0.2) is 0 Å². The number of hydrogen-bond donors (Lipinski definition) is 0. The summed E-state index contributed by atoms with van der Waals surface area (Å²) in [5.41, 5.74) is 0.635. The van der Waals surface area contributed by atoms with Crippen molar-refractivity contribution < 1.29 is 0 Å². The highest BCUT2D eigenvalue weighted by atomic mass is 14.5. The Morgan fingerprint density at radius 3 is 2.24 bits per heavy atom. The van der Waals surface area contributed by atoms with Crippen LogP contribution < -0.4 is 0 Å². The van der Waals surface area contributed by atoms with Crippen molar-refractivity contribution in [3.8, 4) is 0 Å². The highest BCUT2D eigenvalue weighted by molar-refractivity contribution is 4.92. The van der Waals surface area contributed by atoms with Gasteiger partial charge in [-0.3, -0.25) is 0 Å². The van der Waals surface area contributed by atoms with Crippen molar-refractivity contribution in [1.29, 1.82) is 0 Å². The number of rotatable bonds is 8. The molecule has 0 aromatic carbocycles. The molecule has 0 aromatic heterocycles. The molecule has 102 valence electrons. The zero-order chi connectivity index (χ0) is 12.9. The van der Waals surface area contributed by atoms with Crippen LogP contribution in [0.4, 0.5) is 0 Å². The summed E-state index contributed by atoms with van der Waals surface area (Å²) in [4.78, 5) is 0. The SMILES string of the molecule is CCCCCCC(CC)C(C)C1CCC1(C)C. The van der Waals surface area contributed by atoms with Crippen molar-refractivity contribution >= 4 is 0 Å². The molecule has 1 fully saturated rings.